The minimum Gasteiger partial charge on any atom is -0.507 e. The van der Waals surface area contributed by atoms with Crippen molar-refractivity contribution in [3.8, 4) is 11.5 Å². The van der Waals surface area contributed by atoms with Crippen LogP contribution in [0.2, 0.25) is 0 Å². The molecule has 0 amide bonds. The van der Waals surface area contributed by atoms with Crippen LogP contribution in [-0.4, -0.2) is 22.6 Å². The number of hydrogen-bond donors (Lipinski definition) is 1. The highest BCUT2D eigenvalue weighted by molar-refractivity contribution is 6.30. The van der Waals surface area contributed by atoms with Gasteiger partial charge >= 0.3 is 5.97 Å². The molecule has 5 heteroatoms. The van der Waals surface area contributed by atoms with E-state index in [2.05, 4.69) is 0 Å². The fourth-order valence-electron chi connectivity index (χ4n) is 3.97. The predicted octanol–water partition coefficient (Wildman–Crippen LogP) is 3.80. The Hall–Kier alpha value is -3.73. The number of rotatable bonds is 3. The van der Waals surface area contributed by atoms with Crippen LogP contribution in [-0.2, 0) is 10.2 Å². The maximum absolute atomic E-state index is 13.1. The average molecular weight is 384 g/mol. The van der Waals surface area contributed by atoms with Gasteiger partial charge in [-0.1, -0.05) is 54.6 Å². The van der Waals surface area contributed by atoms with Gasteiger partial charge in [0.15, 0.2) is 5.78 Å². The monoisotopic (exact) mass is 384 g/mol. The number of ketones is 2. The molecule has 0 bridgehead atoms. The number of esters is 1. The molecule has 3 aromatic carbocycles. The fourth-order valence-corrected chi connectivity index (χ4v) is 3.97. The lowest BCUT2D eigenvalue weighted by Gasteiger charge is -2.21. The van der Waals surface area contributed by atoms with Crippen molar-refractivity contribution < 1.29 is 24.2 Å². The van der Waals surface area contributed by atoms with Crippen LogP contribution < -0.4 is 4.74 Å². The summed E-state index contributed by atoms with van der Waals surface area (Å²) < 4.78 is 5.67. The lowest BCUT2D eigenvalue weighted by molar-refractivity contribution is -0.137. The molecule has 1 saturated carbocycles. The van der Waals surface area contributed by atoms with Crippen LogP contribution in [0.15, 0.2) is 66.7 Å². The highest BCUT2D eigenvalue weighted by Crippen LogP contribution is 2.49. The zero-order valence-corrected chi connectivity index (χ0v) is 15.3. The molecule has 0 atom stereocenters. The number of aromatic hydroxyl groups is 1. The van der Waals surface area contributed by atoms with E-state index in [4.69, 9.17) is 4.74 Å². The summed E-state index contributed by atoms with van der Waals surface area (Å²) in [5.74, 6) is -1.58. The van der Waals surface area contributed by atoms with Crippen molar-refractivity contribution in [2.45, 2.75) is 18.3 Å². The molecule has 0 spiro atoms. The lowest BCUT2D eigenvalue weighted by Crippen LogP contribution is -2.28. The van der Waals surface area contributed by atoms with Gasteiger partial charge < -0.3 is 9.84 Å². The Balaban J connectivity index is 1.56. The first kappa shape index (κ1) is 17.4. The quantitative estimate of drug-likeness (QED) is 0.429. The molecule has 5 rings (SSSR count). The van der Waals surface area contributed by atoms with E-state index < -0.39 is 17.2 Å². The third kappa shape index (κ3) is 2.51. The van der Waals surface area contributed by atoms with Crippen molar-refractivity contribution in [1.29, 1.82) is 0 Å². The molecule has 0 aromatic heterocycles. The standard InChI is InChI=1S/C24H16O5/c25-17-10-4-8-15-19(17)22(27)20-16(21(15)26)9-5-11-18(20)29-23(28)24(12-13-24)14-6-2-1-3-7-14/h1-11,25H,12-13H2. The second-order valence-electron chi connectivity index (χ2n) is 7.37. The number of phenolic OH excluding ortho intramolecular Hbond substituents is 1. The molecule has 2 aliphatic carbocycles. The maximum Gasteiger partial charge on any atom is 0.321 e. The van der Waals surface area contributed by atoms with Crippen LogP contribution in [0, 0.1) is 0 Å². The predicted molar refractivity (Wildman–Crippen MR) is 104 cm³/mol. The Morgan fingerprint density at radius 1 is 0.793 bits per heavy atom. The van der Waals surface area contributed by atoms with E-state index in [-0.39, 0.29) is 39.5 Å². The van der Waals surface area contributed by atoms with E-state index in [1.165, 1.54) is 30.3 Å². The van der Waals surface area contributed by atoms with Gasteiger partial charge in [-0.25, -0.2) is 0 Å². The molecular weight excluding hydrogens is 368 g/mol. The van der Waals surface area contributed by atoms with Crippen LogP contribution in [0.4, 0.5) is 0 Å². The van der Waals surface area contributed by atoms with E-state index in [9.17, 15) is 19.5 Å². The first-order valence-electron chi connectivity index (χ1n) is 9.35. The van der Waals surface area contributed by atoms with Gasteiger partial charge in [0.25, 0.3) is 0 Å². The van der Waals surface area contributed by atoms with Crippen LogP contribution in [0.25, 0.3) is 0 Å². The summed E-state index contributed by atoms with van der Waals surface area (Å²) in [5.41, 5.74) is 0.435. The number of fused-ring (bicyclic) bond motifs is 2. The Morgan fingerprint density at radius 3 is 2.14 bits per heavy atom. The molecular formula is C24H16O5. The van der Waals surface area contributed by atoms with Crippen molar-refractivity contribution in [1.82, 2.24) is 0 Å². The minimum atomic E-state index is -0.717. The van der Waals surface area contributed by atoms with Crippen LogP contribution >= 0.6 is 0 Å². The van der Waals surface area contributed by atoms with Crippen molar-refractivity contribution in [2.24, 2.45) is 0 Å². The number of phenols is 1. The lowest BCUT2D eigenvalue weighted by atomic mass is 9.83. The first-order chi connectivity index (χ1) is 14.0. The molecule has 1 N–H and O–H groups in total. The first-order valence-corrected chi connectivity index (χ1v) is 9.35. The minimum absolute atomic E-state index is 0.0173. The maximum atomic E-state index is 13.1. The summed E-state index contributed by atoms with van der Waals surface area (Å²) in [7, 11) is 0. The highest BCUT2D eigenvalue weighted by Gasteiger charge is 2.53. The molecule has 0 heterocycles. The second-order valence-corrected chi connectivity index (χ2v) is 7.37. The van der Waals surface area contributed by atoms with Gasteiger partial charge in [0.1, 0.15) is 11.5 Å². The van der Waals surface area contributed by atoms with Gasteiger partial charge in [-0.05, 0) is 30.5 Å². The fraction of sp³-hybridized carbons (Fsp3) is 0.125. The Labute approximate surface area is 166 Å². The Kier molecular flexibility index (Phi) is 3.68. The average Bonchev–Trinajstić information content (AvgIpc) is 3.54. The SMILES string of the molecule is O=C1c2cccc(O)c2C(=O)c2c(OC(=O)C3(c4ccccc4)CC3)cccc21. The molecule has 3 aromatic rings. The van der Waals surface area contributed by atoms with Crippen LogP contribution in [0.3, 0.4) is 0 Å². The third-order valence-corrected chi connectivity index (χ3v) is 5.68. The number of ether oxygens (including phenoxy) is 1. The van der Waals surface area contributed by atoms with Gasteiger partial charge in [-0.3, -0.25) is 14.4 Å². The Bertz CT molecular complexity index is 1190. The van der Waals surface area contributed by atoms with E-state index in [0.717, 1.165) is 5.56 Å². The molecule has 0 saturated heterocycles. The van der Waals surface area contributed by atoms with Crippen molar-refractivity contribution >= 4 is 17.5 Å². The third-order valence-electron chi connectivity index (χ3n) is 5.68. The van der Waals surface area contributed by atoms with Crippen molar-refractivity contribution in [2.75, 3.05) is 0 Å². The van der Waals surface area contributed by atoms with Crippen LogP contribution in [0.1, 0.15) is 50.2 Å². The summed E-state index contributed by atoms with van der Waals surface area (Å²) in [6.07, 6.45) is 1.34. The molecule has 0 unspecified atom stereocenters. The zero-order chi connectivity index (χ0) is 20.2. The van der Waals surface area contributed by atoms with Crippen molar-refractivity contribution in [3.63, 3.8) is 0 Å². The molecule has 29 heavy (non-hydrogen) atoms. The zero-order valence-electron chi connectivity index (χ0n) is 15.3. The topological polar surface area (TPSA) is 80.7 Å². The summed E-state index contributed by atoms with van der Waals surface area (Å²) in [4.78, 5) is 39.0. The van der Waals surface area contributed by atoms with Crippen LogP contribution in [0.5, 0.6) is 11.5 Å². The second kappa shape index (κ2) is 6.14. The Morgan fingerprint density at radius 2 is 1.45 bits per heavy atom. The van der Waals surface area contributed by atoms with Gasteiger partial charge in [0.2, 0.25) is 5.78 Å². The van der Waals surface area contributed by atoms with Crippen molar-refractivity contribution in [3.05, 3.63) is 94.5 Å². The molecule has 1 fully saturated rings. The van der Waals surface area contributed by atoms with Gasteiger partial charge in [-0.15, -0.1) is 0 Å². The molecule has 0 aliphatic heterocycles. The smallest absolute Gasteiger partial charge is 0.321 e. The summed E-state index contributed by atoms with van der Waals surface area (Å²) in [6, 6.07) is 18.4. The van der Waals surface area contributed by atoms with E-state index in [0.29, 0.717) is 12.8 Å². The number of hydrogen-bond acceptors (Lipinski definition) is 5. The molecule has 0 radical (unpaired) electrons. The van der Waals surface area contributed by atoms with E-state index in [1.54, 1.807) is 6.07 Å². The van der Waals surface area contributed by atoms with Gasteiger partial charge in [0.05, 0.1) is 16.5 Å². The largest absolute Gasteiger partial charge is 0.507 e. The number of carbonyl (C=O) groups excluding carboxylic acids is 3. The molecule has 5 nitrogen and oxygen atoms in total. The number of benzene rings is 3. The summed E-state index contributed by atoms with van der Waals surface area (Å²) in [6.45, 7) is 0. The van der Waals surface area contributed by atoms with E-state index in [1.807, 2.05) is 30.3 Å². The normalized spacial score (nSPS) is 16.0. The van der Waals surface area contributed by atoms with Gasteiger partial charge in [0, 0.05) is 11.1 Å². The van der Waals surface area contributed by atoms with E-state index >= 15 is 0 Å². The highest BCUT2D eigenvalue weighted by atomic mass is 16.5. The molecule has 2 aliphatic rings. The summed E-state index contributed by atoms with van der Waals surface area (Å²) >= 11 is 0. The summed E-state index contributed by atoms with van der Waals surface area (Å²) in [5, 5.41) is 10.2. The molecule has 142 valence electrons. The van der Waals surface area contributed by atoms with Gasteiger partial charge in [-0.2, -0.15) is 0 Å². The number of carbonyl (C=O) groups is 3.